The Labute approximate surface area is 103 Å². The first-order valence-corrected chi connectivity index (χ1v) is 6.44. The zero-order valence-corrected chi connectivity index (χ0v) is 11.2. The second kappa shape index (κ2) is 4.90. The van der Waals surface area contributed by atoms with Crippen LogP contribution in [-0.2, 0) is 6.42 Å². The molecule has 0 amide bonds. The van der Waals surface area contributed by atoms with Crippen LogP contribution in [0.15, 0.2) is 0 Å². The molecule has 1 saturated carbocycles. The van der Waals surface area contributed by atoms with Crippen LogP contribution in [0.1, 0.15) is 31.7 Å². The third-order valence-corrected chi connectivity index (χ3v) is 3.55. The minimum Gasteiger partial charge on any atom is -0.373 e. The minimum atomic E-state index is 0.826. The molecule has 0 radical (unpaired) electrons. The molecule has 94 valence electrons. The highest BCUT2D eigenvalue weighted by molar-refractivity contribution is 5.57. The second-order valence-electron chi connectivity index (χ2n) is 4.92. The molecule has 4 nitrogen and oxygen atoms in total. The lowest BCUT2D eigenvalue weighted by atomic mass is 10.2. The Hall–Kier alpha value is -1.32. The van der Waals surface area contributed by atoms with Gasteiger partial charge in [-0.3, -0.25) is 0 Å². The van der Waals surface area contributed by atoms with Crippen LogP contribution in [0.5, 0.6) is 0 Å². The number of anilines is 2. The lowest BCUT2D eigenvalue weighted by Crippen LogP contribution is -2.11. The van der Waals surface area contributed by atoms with Gasteiger partial charge in [-0.15, -0.1) is 0 Å². The van der Waals surface area contributed by atoms with Crippen molar-refractivity contribution >= 4 is 11.6 Å². The van der Waals surface area contributed by atoms with E-state index < -0.39 is 0 Å². The summed E-state index contributed by atoms with van der Waals surface area (Å²) >= 11 is 0. The molecule has 0 saturated heterocycles. The molecule has 1 heterocycles. The van der Waals surface area contributed by atoms with Crippen molar-refractivity contribution in [3.05, 3.63) is 11.4 Å². The van der Waals surface area contributed by atoms with Crippen molar-refractivity contribution in [2.75, 3.05) is 24.2 Å². The smallest absolute Gasteiger partial charge is 0.134 e. The van der Waals surface area contributed by atoms with Gasteiger partial charge in [-0.25, -0.2) is 9.97 Å². The molecule has 2 atom stereocenters. The van der Waals surface area contributed by atoms with Gasteiger partial charge in [-0.1, -0.05) is 13.8 Å². The quantitative estimate of drug-likeness (QED) is 0.821. The van der Waals surface area contributed by atoms with E-state index in [9.17, 15) is 0 Å². The Kier molecular flexibility index (Phi) is 3.50. The average molecular weight is 234 g/mol. The lowest BCUT2D eigenvalue weighted by molar-refractivity contribution is 0.781. The van der Waals surface area contributed by atoms with Gasteiger partial charge in [0.05, 0.1) is 0 Å². The van der Waals surface area contributed by atoms with Gasteiger partial charge >= 0.3 is 0 Å². The molecule has 0 aliphatic heterocycles. The van der Waals surface area contributed by atoms with E-state index in [1.807, 2.05) is 7.05 Å². The van der Waals surface area contributed by atoms with E-state index >= 15 is 0 Å². The van der Waals surface area contributed by atoms with Gasteiger partial charge in [0.15, 0.2) is 0 Å². The number of hydrogen-bond acceptors (Lipinski definition) is 4. The van der Waals surface area contributed by atoms with Gasteiger partial charge in [0, 0.05) is 25.6 Å². The predicted molar refractivity (Wildman–Crippen MR) is 71.5 cm³/mol. The highest BCUT2D eigenvalue weighted by atomic mass is 15.1. The van der Waals surface area contributed by atoms with Crippen LogP contribution in [-0.4, -0.2) is 23.6 Å². The number of nitrogens with zero attached hydrogens (tertiary/aromatic N) is 2. The molecule has 0 spiro atoms. The fourth-order valence-electron chi connectivity index (χ4n) is 2.05. The predicted octanol–water partition coefficient (Wildman–Crippen LogP) is 2.46. The summed E-state index contributed by atoms with van der Waals surface area (Å²) in [4.78, 5) is 9.03. The lowest BCUT2D eigenvalue weighted by Gasteiger charge is -2.13. The normalized spacial score (nSPS) is 22.4. The Morgan fingerprint density at radius 1 is 1.29 bits per heavy atom. The molecule has 17 heavy (non-hydrogen) atoms. The molecule has 1 aromatic rings. The SMILES string of the molecule is CCc1nc(NC)c(C)c(NCC2CC2C)n1. The van der Waals surface area contributed by atoms with Crippen molar-refractivity contribution in [3.8, 4) is 0 Å². The monoisotopic (exact) mass is 234 g/mol. The Balaban J connectivity index is 2.13. The molecular weight excluding hydrogens is 212 g/mol. The average Bonchev–Trinajstić information content (AvgIpc) is 3.04. The number of aryl methyl sites for hydroxylation is 1. The van der Waals surface area contributed by atoms with E-state index in [0.717, 1.165) is 47.8 Å². The molecule has 1 aliphatic rings. The first-order valence-electron chi connectivity index (χ1n) is 6.44. The summed E-state index contributed by atoms with van der Waals surface area (Å²) in [6, 6.07) is 0. The van der Waals surface area contributed by atoms with Crippen LogP contribution in [0.3, 0.4) is 0 Å². The largest absolute Gasteiger partial charge is 0.373 e. The molecule has 4 heteroatoms. The number of nitrogens with one attached hydrogen (secondary N) is 2. The Morgan fingerprint density at radius 2 is 1.94 bits per heavy atom. The van der Waals surface area contributed by atoms with Crippen molar-refractivity contribution in [3.63, 3.8) is 0 Å². The first-order chi connectivity index (χ1) is 8.15. The van der Waals surface area contributed by atoms with Gasteiger partial charge in [0.2, 0.25) is 0 Å². The number of hydrogen-bond donors (Lipinski definition) is 2. The third kappa shape index (κ3) is 2.68. The van der Waals surface area contributed by atoms with Gasteiger partial charge in [-0.2, -0.15) is 0 Å². The molecule has 2 unspecified atom stereocenters. The topological polar surface area (TPSA) is 49.8 Å². The molecule has 0 bridgehead atoms. The fraction of sp³-hybridized carbons (Fsp3) is 0.692. The maximum Gasteiger partial charge on any atom is 0.134 e. The maximum absolute atomic E-state index is 4.56. The van der Waals surface area contributed by atoms with Crippen molar-refractivity contribution in [2.24, 2.45) is 11.8 Å². The molecule has 2 N–H and O–H groups in total. The van der Waals surface area contributed by atoms with E-state index in [2.05, 4.69) is 41.4 Å². The summed E-state index contributed by atoms with van der Waals surface area (Å²) in [6.07, 6.45) is 2.21. The van der Waals surface area contributed by atoms with Crippen LogP contribution < -0.4 is 10.6 Å². The van der Waals surface area contributed by atoms with E-state index in [0.29, 0.717) is 0 Å². The first kappa shape index (κ1) is 12.1. The second-order valence-corrected chi connectivity index (χ2v) is 4.92. The van der Waals surface area contributed by atoms with Crippen molar-refractivity contribution in [2.45, 2.75) is 33.6 Å². The molecule has 1 aromatic heterocycles. The van der Waals surface area contributed by atoms with Crippen LogP contribution >= 0.6 is 0 Å². The fourth-order valence-corrected chi connectivity index (χ4v) is 2.05. The van der Waals surface area contributed by atoms with Gasteiger partial charge in [-0.05, 0) is 25.2 Å². The van der Waals surface area contributed by atoms with Crippen LogP contribution in [0.2, 0.25) is 0 Å². The van der Waals surface area contributed by atoms with Crippen molar-refractivity contribution < 1.29 is 0 Å². The van der Waals surface area contributed by atoms with Crippen molar-refractivity contribution in [1.29, 1.82) is 0 Å². The van der Waals surface area contributed by atoms with E-state index in [-0.39, 0.29) is 0 Å². The van der Waals surface area contributed by atoms with Crippen LogP contribution in [0.4, 0.5) is 11.6 Å². The molecule has 1 fully saturated rings. The number of aromatic nitrogens is 2. The maximum atomic E-state index is 4.56. The summed E-state index contributed by atoms with van der Waals surface area (Å²) in [5, 5.41) is 6.59. The van der Waals surface area contributed by atoms with Crippen LogP contribution in [0.25, 0.3) is 0 Å². The van der Waals surface area contributed by atoms with Crippen LogP contribution in [0, 0.1) is 18.8 Å². The third-order valence-electron chi connectivity index (χ3n) is 3.55. The molecule has 2 rings (SSSR count). The molecule has 0 aromatic carbocycles. The number of rotatable bonds is 5. The standard InChI is InChI=1S/C13H22N4/c1-5-11-16-12(14-4)9(3)13(17-11)15-7-10-6-8(10)2/h8,10H,5-7H2,1-4H3,(H2,14,15,16,17). The highest BCUT2D eigenvalue weighted by Gasteiger charge is 2.32. The van der Waals surface area contributed by atoms with E-state index in [1.165, 1.54) is 6.42 Å². The zero-order valence-electron chi connectivity index (χ0n) is 11.2. The molecular formula is C13H22N4. The Bertz CT molecular complexity index is 403. The van der Waals surface area contributed by atoms with E-state index in [1.54, 1.807) is 0 Å². The summed E-state index contributed by atoms with van der Waals surface area (Å²) < 4.78 is 0. The van der Waals surface area contributed by atoms with E-state index in [4.69, 9.17) is 0 Å². The van der Waals surface area contributed by atoms with Gasteiger partial charge in [0.25, 0.3) is 0 Å². The summed E-state index contributed by atoms with van der Waals surface area (Å²) in [6.45, 7) is 7.47. The Morgan fingerprint density at radius 3 is 2.47 bits per heavy atom. The zero-order chi connectivity index (χ0) is 12.4. The van der Waals surface area contributed by atoms with Gasteiger partial charge < -0.3 is 10.6 Å². The summed E-state index contributed by atoms with van der Waals surface area (Å²) in [5.41, 5.74) is 1.11. The van der Waals surface area contributed by atoms with Gasteiger partial charge in [0.1, 0.15) is 17.5 Å². The van der Waals surface area contributed by atoms with Crippen molar-refractivity contribution in [1.82, 2.24) is 9.97 Å². The molecule has 1 aliphatic carbocycles. The summed E-state index contributed by atoms with van der Waals surface area (Å²) in [5.74, 6) is 4.52. The minimum absolute atomic E-state index is 0.826. The summed E-state index contributed by atoms with van der Waals surface area (Å²) in [7, 11) is 1.90. The highest BCUT2D eigenvalue weighted by Crippen LogP contribution is 2.37.